The highest BCUT2D eigenvalue weighted by Gasteiger charge is 2.24. The molecule has 2 aromatic heterocycles. The fourth-order valence-electron chi connectivity index (χ4n) is 2.88. The second kappa shape index (κ2) is 6.86. The second-order valence-electron chi connectivity index (χ2n) is 6.20. The summed E-state index contributed by atoms with van der Waals surface area (Å²) >= 11 is 1.45. The molecule has 0 aliphatic carbocycles. The Labute approximate surface area is 146 Å². The van der Waals surface area contributed by atoms with Gasteiger partial charge in [-0.3, -0.25) is 14.7 Å². The molecular formula is C17H22N4O2S. The first-order chi connectivity index (χ1) is 11.4. The van der Waals surface area contributed by atoms with Crippen LogP contribution in [0.5, 0.6) is 0 Å². The lowest BCUT2D eigenvalue weighted by atomic mass is 10.2. The third-order valence-electron chi connectivity index (χ3n) is 3.95. The zero-order valence-electron chi connectivity index (χ0n) is 14.4. The molecule has 0 N–H and O–H groups in total. The van der Waals surface area contributed by atoms with Crippen molar-refractivity contribution in [2.45, 2.75) is 33.0 Å². The molecule has 0 radical (unpaired) electrons. The van der Waals surface area contributed by atoms with Gasteiger partial charge in [-0.15, -0.1) is 11.3 Å². The predicted molar refractivity (Wildman–Crippen MR) is 96.0 cm³/mol. The Kier molecular flexibility index (Phi) is 4.82. The monoisotopic (exact) mass is 346 g/mol. The van der Waals surface area contributed by atoms with Gasteiger partial charge in [0.2, 0.25) is 0 Å². The van der Waals surface area contributed by atoms with Gasteiger partial charge in [-0.2, -0.15) is 0 Å². The number of hydrogen-bond acceptors (Lipinski definition) is 6. The third kappa shape index (κ3) is 3.57. The van der Waals surface area contributed by atoms with Crippen LogP contribution in [0.4, 0.5) is 10.8 Å². The average Bonchev–Trinajstić information content (AvgIpc) is 2.99. The first-order valence-corrected chi connectivity index (χ1v) is 8.88. The van der Waals surface area contributed by atoms with Gasteiger partial charge in [0.05, 0.1) is 17.9 Å². The number of morpholine rings is 1. The molecule has 1 fully saturated rings. The van der Waals surface area contributed by atoms with Gasteiger partial charge < -0.3 is 9.64 Å². The minimum Gasteiger partial charge on any atom is -0.372 e. The van der Waals surface area contributed by atoms with Crippen molar-refractivity contribution >= 4 is 28.1 Å². The van der Waals surface area contributed by atoms with Crippen LogP contribution < -0.4 is 9.80 Å². The molecule has 7 heteroatoms. The number of nitrogens with zero attached hydrogens (tertiary/aromatic N) is 4. The normalized spacial score (nSPS) is 20.9. The summed E-state index contributed by atoms with van der Waals surface area (Å²) in [6.45, 7) is 7.66. The van der Waals surface area contributed by atoms with Crippen molar-refractivity contribution < 1.29 is 9.53 Å². The quantitative estimate of drug-likeness (QED) is 0.855. The van der Waals surface area contributed by atoms with Gasteiger partial charge in [0, 0.05) is 37.4 Å². The van der Waals surface area contributed by atoms with Gasteiger partial charge in [0.1, 0.15) is 5.69 Å². The highest BCUT2D eigenvalue weighted by atomic mass is 32.1. The first kappa shape index (κ1) is 16.9. The number of aryl methyl sites for hydroxylation is 1. The molecule has 128 valence electrons. The maximum Gasteiger partial charge on any atom is 0.278 e. The molecule has 0 unspecified atom stereocenters. The van der Waals surface area contributed by atoms with Gasteiger partial charge in [-0.05, 0) is 32.9 Å². The Morgan fingerprint density at radius 1 is 1.38 bits per heavy atom. The number of rotatable bonds is 3. The summed E-state index contributed by atoms with van der Waals surface area (Å²) in [7, 11) is 1.73. The summed E-state index contributed by atoms with van der Waals surface area (Å²) in [4.78, 5) is 25.1. The molecule has 1 aliphatic heterocycles. The SMILES string of the molecule is Cc1csc(N(C)C(=O)c2cc(N3C[C@H](C)O[C@@H](C)C3)ccn2)n1. The van der Waals surface area contributed by atoms with Crippen LogP contribution >= 0.6 is 11.3 Å². The molecule has 1 aliphatic rings. The van der Waals surface area contributed by atoms with E-state index in [1.165, 1.54) is 11.3 Å². The van der Waals surface area contributed by atoms with Crippen LogP contribution in [0.2, 0.25) is 0 Å². The number of thiazole rings is 1. The standard InChI is InChI=1S/C17H22N4O2S/c1-11-10-24-17(19-11)20(4)16(22)15-7-14(5-6-18-15)21-8-12(2)23-13(3)9-21/h5-7,10,12-13H,8-9H2,1-4H3/t12-,13-/m0/s1. The topological polar surface area (TPSA) is 58.6 Å². The highest BCUT2D eigenvalue weighted by Crippen LogP contribution is 2.23. The number of pyridine rings is 1. The van der Waals surface area contributed by atoms with Crippen molar-refractivity contribution in [3.05, 3.63) is 35.1 Å². The molecule has 0 bridgehead atoms. The molecule has 1 saturated heterocycles. The van der Waals surface area contributed by atoms with E-state index in [0.717, 1.165) is 24.5 Å². The number of carbonyl (C=O) groups excluding carboxylic acids is 1. The highest BCUT2D eigenvalue weighted by molar-refractivity contribution is 7.14. The minimum absolute atomic E-state index is 0.152. The maximum absolute atomic E-state index is 12.7. The molecule has 0 aromatic carbocycles. The predicted octanol–water partition coefficient (Wildman–Crippen LogP) is 2.74. The molecule has 2 aromatic rings. The number of ether oxygens (including phenoxy) is 1. The molecule has 0 spiro atoms. The van der Waals surface area contributed by atoms with Crippen molar-refractivity contribution in [3.8, 4) is 0 Å². The van der Waals surface area contributed by atoms with E-state index in [9.17, 15) is 4.79 Å². The van der Waals surface area contributed by atoms with Crippen LogP contribution in [-0.2, 0) is 4.74 Å². The van der Waals surface area contributed by atoms with Gasteiger partial charge in [0.15, 0.2) is 5.13 Å². The molecular weight excluding hydrogens is 324 g/mol. The number of amides is 1. The zero-order valence-corrected chi connectivity index (χ0v) is 15.2. The Morgan fingerprint density at radius 2 is 2.08 bits per heavy atom. The van der Waals surface area contributed by atoms with E-state index < -0.39 is 0 Å². The van der Waals surface area contributed by atoms with Crippen LogP contribution in [0.3, 0.4) is 0 Å². The van der Waals surface area contributed by atoms with Crippen molar-refractivity contribution in [2.75, 3.05) is 29.9 Å². The van der Waals surface area contributed by atoms with Crippen LogP contribution in [-0.4, -0.2) is 48.2 Å². The number of aromatic nitrogens is 2. The van der Waals surface area contributed by atoms with Crippen LogP contribution in [0.25, 0.3) is 0 Å². The van der Waals surface area contributed by atoms with E-state index in [-0.39, 0.29) is 18.1 Å². The summed E-state index contributed by atoms with van der Waals surface area (Å²) < 4.78 is 5.77. The fourth-order valence-corrected chi connectivity index (χ4v) is 3.64. The molecule has 0 saturated carbocycles. The van der Waals surface area contributed by atoms with Crippen molar-refractivity contribution in [1.29, 1.82) is 0 Å². The Morgan fingerprint density at radius 3 is 2.71 bits per heavy atom. The van der Waals surface area contributed by atoms with E-state index in [1.807, 2.05) is 24.4 Å². The lowest BCUT2D eigenvalue weighted by molar-refractivity contribution is -0.00522. The van der Waals surface area contributed by atoms with Gasteiger partial charge in [-0.1, -0.05) is 0 Å². The zero-order chi connectivity index (χ0) is 17.3. The first-order valence-electron chi connectivity index (χ1n) is 8.00. The number of carbonyl (C=O) groups is 1. The molecule has 2 atom stereocenters. The molecule has 1 amide bonds. The number of hydrogen-bond donors (Lipinski definition) is 0. The molecule has 24 heavy (non-hydrogen) atoms. The summed E-state index contributed by atoms with van der Waals surface area (Å²) in [5.41, 5.74) is 2.33. The van der Waals surface area contributed by atoms with Crippen molar-refractivity contribution in [1.82, 2.24) is 9.97 Å². The van der Waals surface area contributed by atoms with Crippen molar-refractivity contribution in [3.63, 3.8) is 0 Å². The van der Waals surface area contributed by atoms with Crippen molar-refractivity contribution in [2.24, 2.45) is 0 Å². The minimum atomic E-state index is -0.152. The second-order valence-corrected chi connectivity index (χ2v) is 7.03. The summed E-state index contributed by atoms with van der Waals surface area (Å²) in [6.07, 6.45) is 2.03. The Balaban J connectivity index is 1.81. The van der Waals surface area contributed by atoms with E-state index >= 15 is 0 Å². The van der Waals surface area contributed by atoms with Gasteiger partial charge >= 0.3 is 0 Å². The lowest BCUT2D eigenvalue weighted by Gasteiger charge is -2.36. The van der Waals surface area contributed by atoms with Gasteiger partial charge in [-0.25, -0.2) is 4.98 Å². The van der Waals surface area contributed by atoms with Gasteiger partial charge in [0.25, 0.3) is 5.91 Å². The van der Waals surface area contributed by atoms with E-state index in [2.05, 4.69) is 28.7 Å². The smallest absolute Gasteiger partial charge is 0.278 e. The maximum atomic E-state index is 12.7. The largest absolute Gasteiger partial charge is 0.372 e. The molecule has 3 heterocycles. The number of anilines is 2. The van der Waals surface area contributed by atoms with E-state index in [0.29, 0.717) is 10.8 Å². The Bertz CT molecular complexity index is 723. The van der Waals surface area contributed by atoms with E-state index in [4.69, 9.17) is 4.74 Å². The van der Waals surface area contributed by atoms with Crippen LogP contribution in [0.1, 0.15) is 30.0 Å². The molecule has 3 rings (SSSR count). The fraction of sp³-hybridized carbons (Fsp3) is 0.471. The van der Waals surface area contributed by atoms with Crippen LogP contribution in [0, 0.1) is 6.92 Å². The summed E-state index contributed by atoms with van der Waals surface area (Å²) in [6, 6.07) is 3.79. The summed E-state index contributed by atoms with van der Waals surface area (Å²) in [5, 5.41) is 2.61. The lowest BCUT2D eigenvalue weighted by Crippen LogP contribution is -2.45. The third-order valence-corrected chi connectivity index (χ3v) is 4.98. The molecule has 6 nitrogen and oxygen atoms in total. The average molecular weight is 346 g/mol. The Hall–Kier alpha value is -1.99. The van der Waals surface area contributed by atoms with Crippen LogP contribution in [0.15, 0.2) is 23.7 Å². The summed E-state index contributed by atoms with van der Waals surface area (Å²) in [5.74, 6) is -0.152. The van der Waals surface area contributed by atoms with E-state index in [1.54, 1.807) is 18.1 Å².